The molecule has 2 heterocycles. The van der Waals surface area contributed by atoms with Gasteiger partial charge in [-0.3, -0.25) is 4.79 Å². The van der Waals surface area contributed by atoms with Crippen LogP contribution in [-0.2, 0) is 4.74 Å². The molecule has 96 valence electrons. The zero-order valence-electron chi connectivity index (χ0n) is 10.6. The van der Waals surface area contributed by atoms with E-state index in [1.54, 1.807) is 6.20 Å². The van der Waals surface area contributed by atoms with Gasteiger partial charge < -0.3 is 9.64 Å². The number of aryl methyl sites for hydroxylation is 1. The van der Waals surface area contributed by atoms with E-state index in [0.717, 1.165) is 11.5 Å². The molecule has 0 radical (unpaired) electrons. The monoisotopic (exact) mass is 247 g/mol. The third-order valence-electron chi connectivity index (χ3n) is 3.47. The minimum atomic E-state index is 0.0261. The standard InChI is InChI=1S/C13H17N3O2/c1-9-11(8-14-12(15-9)10-2-3-10)13(17)16-4-6-18-7-5-16/h8,10H,2-7H2,1H3. The van der Waals surface area contributed by atoms with Crippen LogP contribution >= 0.6 is 0 Å². The first-order valence-corrected chi connectivity index (χ1v) is 6.46. The molecule has 1 aliphatic carbocycles. The van der Waals surface area contributed by atoms with Gasteiger partial charge in [0.2, 0.25) is 0 Å². The van der Waals surface area contributed by atoms with Crippen LogP contribution in [0.15, 0.2) is 6.20 Å². The molecule has 1 aliphatic heterocycles. The molecule has 0 aromatic carbocycles. The van der Waals surface area contributed by atoms with E-state index in [0.29, 0.717) is 37.8 Å². The summed E-state index contributed by atoms with van der Waals surface area (Å²) in [7, 11) is 0. The van der Waals surface area contributed by atoms with E-state index in [-0.39, 0.29) is 5.91 Å². The van der Waals surface area contributed by atoms with Gasteiger partial charge in [0.05, 0.1) is 24.5 Å². The van der Waals surface area contributed by atoms with Crippen LogP contribution in [0, 0.1) is 6.92 Å². The molecular weight excluding hydrogens is 230 g/mol. The quantitative estimate of drug-likeness (QED) is 0.786. The molecule has 1 saturated carbocycles. The van der Waals surface area contributed by atoms with Crippen molar-refractivity contribution in [2.24, 2.45) is 0 Å². The van der Waals surface area contributed by atoms with Crippen molar-refractivity contribution in [1.29, 1.82) is 0 Å². The maximum absolute atomic E-state index is 12.3. The Morgan fingerprint density at radius 3 is 2.72 bits per heavy atom. The first-order valence-electron chi connectivity index (χ1n) is 6.46. The van der Waals surface area contributed by atoms with Crippen molar-refractivity contribution in [1.82, 2.24) is 14.9 Å². The second-order valence-electron chi connectivity index (χ2n) is 4.91. The van der Waals surface area contributed by atoms with Crippen LogP contribution in [-0.4, -0.2) is 47.1 Å². The maximum Gasteiger partial charge on any atom is 0.257 e. The number of aromatic nitrogens is 2. The van der Waals surface area contributed by atoms with Crippen molar-refractivity contribution >= 4 is 5.91 Å². The minimum absolute atomic E-state index is 0.0261. The highest BCUT2D eigenvalue weighted by Crippen LogP contribution is 2.37. The number of hydrogen-bond donors (Lipinski definition) is 0. The van der Waals surface area contributed by atoms with Gasteiger partial charge in [0.1, 0.15) is 5.82 Å². The summed E-state index contributed by atoms with van der Waals surface area (Å²) in [5.41, 5.74) is 1.42. The zero-order valence-corrected chi connectivity index (χ0v) is 10.6. The van der Waals surface area contributed by atoms with E-state index in [9.17, 15) is 4.79 Å². The predicted octanol–water partition coefficient (Wildman–Crippen LogP) is 1.13. The summed E-state index contributed by atoms with van der Waals surface area (Å²) < 4.78 is 5.25. The number of amides is 1. The smallest absolute Gasteiger partial charge is 0.257 e. The van der Waals surface area contributed by atoms with Crippen LogP contribution in [0.5, 0.6) is 0 Å². The van der Waals surface area contributed by atoms with Crippen LogP contribution < -0.4 is 0 Å². The van der Waals surface area contributed by atoms with Crippen molar-refractivity contribution in [3.8, 4) is 0 Å². The molecule has 1 saturated heterocycles. The fraction of sp³-hybridized carbons (Fsp3) is 0.615. The largest absolute Gasteiger partial charge is 0.378 e. The molecule has 0 unspecified atom stereocenters. The van der Waals surface area contributed by atoms with Gasteiger partial charge in [-0.2, -0.15) is 0 Å². The van der Waals surface area contributed by atoms with Crippen molar-refractivity contribution in [2.45, 2.75) is 25.7 Å². The van der Waals surface area contributed by atoms with E-state index in [4.69, 9.17) is 4.74 Å². The lowest BCUT2D eigenvalue weighted by atomic mass is 10.2. The van der Waals surface area contributed by atoms with Gasteiger partial charge in [0.25, 0.3) is 5.91 Å². The van der Waals surface area contributed by atoms with Crippen LogP contribution in [0.4, 0.5) is 0 Å². The van der Waals surface area contributed by atoms with Crippen LogP contribution in [0.25, 0.3) is 0 Å². The first kappa shape index (κ1) is 11.6. The highest BCUT2D eigenvalue weighted by Gasteiger charge is 2.28. The molecule has 2 aliphatic rings. The first-order chi connectivity index (χ1) is 8.75. The van der Waals surface area contributed by atoms with Crippen molar-refractivity contribution in [2.75, 3.05) is 26.3 Å². The Kier molecular flexibility index (Phi) is 2.99. The van der Waals surface area contributed by atoms with Gasteiger partial charge in [-0.05, 0) is 19.8 Å². The van der Waals surface area contributed by atoms with Gasteiger partial charge in [0, 0.05) is 25.2 Å². The molecule has 3 rings (SSSR count). The van der Waals surface area contributed by atoms with E-state index in [1.807, 2.05) is 11.8 Å². The maximum atomic E-state index is 12.3. The predicted molar refractivity (Wildman–Crippen MR) is 65.5 cm³/mol. The molecule has 5 heteroatoms. The molecule has 1 aromatic heterocycles. The summed E-state index contributed by atoms with van der Waals surface area (Å²) in [6.07, 6.45) is 4.04. The summed E-state index contributed by atoms with van der Waals surface area (Å²) in [6.45, 7) is 4.43. The molecule has 0 spiro atoms. The summed E-state index contributed by atoms with van der Waals surface area (Å²) in [4.78, 5) is 22.9. The van der Waals surface area contributed by atoms with Gasteiger partial charge in [-0.25, -0.2) is 9.97 Å². The third-order valence-corrected chi connectivity index (χ3v) is 3.47. The van der Waals surface area contributed by atoms with Gasteiger partial charge in [-0.1, -0.05) is 0 Å². The lowest BCUT2D eigenvalue weighted by molar-refractivity contribution is 0.0301. The van der Waals surface area contributed by atoms with Crippen LogP contribution in [0.1, 0.15) is 40.6 Å². The molecule has 1 aromatic rings. The molecular formula is C13H17N3O2. The number of carbonyl (C=O) groups is 1. The third kappa shape index (κ3) is 2.22. The summed E-state index contributed by atoms with van der Waals surface area (Å²) in [5, 5.41) is 0. The Balaban J connectivity index is 1.80. The van der Waals surface area contributed by atoms with Gasteiger partial charge in [0.15, 0.2) is 0 Å². The second kappa shape index (κ2) is 4.65. The SMILES string of the molecule is Cc1nc(C2CC2)ncc1C(=O)N1CCOCC1. The lowest BCUT2D eigenvalue weighted by Gasteiger charge is -2.27. The molecule has 5 nitrogen and oxygen atoms in total. The molecule has 18 heavy (non-hydrogen) atoms. The topological polar surface area (TPSA) is 55.3 Å². The van der Waals surface area contributed by atoms with E-state index >= 15 is 0 Å². The average molecular weight is 247 g/mol. The number of rotatable bonds is 2. The molecule has 1 amide bonds. The van der Waals surface area contributed by atoms with Gasteiger partial charge in [-0.15, -0.1) is 0 Å². The van der Waals surface area contributed by atoms with E-state index in [1.165, 1.54) is 12.8 Å². The van der Waals surface area contributed by atoms with Crippen molar-refractivity contribution in [3.63, 3.8) is 0 Å². The molecule has 0 bridgehead atoms. The summed E-state index contributed by atoms with van der Waals surface area (Å²) >= 11 is 0. The Labute approximate surface area is 106 Å². The molecule has 0 atom stereocenters. The number of ether oxygens (including phenoxy) is 1. The second-order valence-corrected chi connectivity index (χ2v) is 4.91. The zero-order chi connectivity index (χ0) is 12.5. The van der Waals surface area contributed by atoms with E-state index < -0.39 is 0 Å². The van der Waals surface area contributed by atoms with Gasteiger partial charge >= 0.3 is 0 Å². The summed E-state index contributed by atoms with van der Waals surface area (Å²) in [5.74, 6) is 1.44. The lowest BCUT2D eigenvalue weighted by Crippen LogP contribution is -2.41. The number of carbonyl (C=O) groups excluding carboxylic acids is 1. The van der Waals surface area contributed by atoms with Crippen molar-refractivity contribution < 1.29 is 9.53 Å². The normalized spacial score (nSPS) is 19.9. The fourth-order valence-electron chi connectivity index (χ4n) is 2.17. The Bertz CT molecular complexity index is 465. The Hall–Kier alpha value is -1.49. The fourth-order valence-corrected chi connectivity index (χ4v) is 2.17. The average Bonchev–Trinajstić information content (AvgIpc) is 3.23. The van der Waals surface area contributed by atoms with Crippen LogP contribution in [0.3, 0.4) is 0 Å². The molecule has 2 fully saturated rings. The van der Waals surface area contributed by atoms with Crippen molar-refractivity contribution in [3.05, 3.63) is 23.3 Å². The van der Waals surface area contributed by atoms with Crippen LogP contribution in [0.2, 0.25) is 0 Å². The highest BCUT2D eigenvalue weighted by molar-refractivity contribution is 5.95. The number of nitrogens with zero attached hydrogens (tertiary/aromatic N) is 3. The Morgan fingerprint density at radius 1 is 1.39 bits per heavy atom. The number of morpholine rings is 1. The number of hydrogen-bond acceptors (Lipinski definition) is 4. The minimum Gasteiger partial charge on any atom is -0.378 e. The van der Waals surface area contributed by atoms with E-state index in [2.05, 4.69) is 9.97 Å². The Morgan fingerprint density at radius 2 is 2.11 bits per heavy atom. The molecule has 0 N–H and O–H groups in total. The summed E-state index contributed by atoms with van der Waals surface area (Å²) in [6, 6.07) is 0. The highest BCUT2D eigenvalue weighted by atomic mass is 16.5.